The quantitative estimate of drug-likeness (QED) is 0.638. The highest BCUT2D eigenvalue weighted by Crippen LogP contribution is 2.26. The molecule has 8 heteroatoms. The molecule has 6 nitrogen and oxygen atoms in total. The zero-order valence-electron chi connectivity index (χ0n) is 15.1. The number of para-hydroxylation sites is 1. The monoisotopic (exact) mass is 450 g/mol. The SMILES string of the molecule is C[C@@H](NC(=O)c1cc(S(=O)(=O)N(C)C)ccc1Br)c1cc2ccccc2o1. The summed E-state index contributed by atoms with van der Waals surface area (Å²) in [6, 6.07) is 13.5. The van der Waals surface area contributed by atoms with Crippen LogP contribution >= 0.6 is 15.9 Å². The molecule has 1 N–H and O–H groups in total. The lowest BCUT2D eigenvalue weighted by atomic mass is 10.1. The Balaban J connectivity index is 1.87. The molecule has 0 unspecified atom stereocenters. The maximum Gasteiger partial charge on any atom is 0.253 e. The highest BCUT2D eigenvalue weighted by Gasteiger charge is 2.22. The number of amides is 1. The molecule has 27 heavy (non-hydrogen) atoms. The standard InChI is InChI=1S/C19H19BrN2O4S/c1-12(18-10-13-6-4-5-7-17(13)26-18)21-19(23)15-11-14(8-9-16(15)20)27(24,25)22(2)3/h4-12H,1-3H3,(H,21,23)/t12-/m1/s1. The third-order valence-corrected chi connectivity index (χ3v) is 6.68. The molecular weight excluding hydrogens is 432 g/mol. The Morgan fingerprint density at radius 1 is 1.15 bits per heavy atom. The van der Waals surface area contributed by atoms with E-state index in [9.17, 15) is 13.2 Å². The van der Waals surface area contributed by atoms with Crippen LogP contribution in [0.4, 0.5) is 0 Å². The van der Waals surface area contributed by atoms with Gasteiger partial charge in [-0.2, -0.15) is 0 Å². The van der Waals surface area contributed by atoms with Gasteiger partial charge < -0.3 is 9.73 Å². The van der Waals surface area contributed by atoms with Gasteiger partial charge in [-0.1, -0.05) is 18.2 Å². The van der Waals surface area contributed by atoms with E-state index in [1.54, 1.807) is 6.07 Å². The Hall–Kier alpha value is -2.16. The van der Waals surface area contributed by atoms with Gasteiger partial charge in [0, 0.05) is 24.0 Å². The van der Waals surface area contributed by atoms with Gasteiger partial charge in [-0.15, -0.1) is 0 Å². The average Bonchev–Trinajstić information content (AvgIpc) is 3.06. The number of carbonyl (C=O) groups is 1. The van der Waals surface area contributed by atoms with Gasteiger partial charge in [0.1, 0.15) is 11.3 Å². The van der Waals surface area contributed by atoms with Crippen LogP contribution in [0.3, 0.4) is 0 Å². The van der Waals surface area contributed by atoms with E-state index < -0.39 is 15.9 Å². The third-order valence-electron chi connectivity index (χ3n) is 4.18. The molecule has 0 aliphatic heterocycles. The lowest BCUT2D eigenvalue weighted by Gasteiger charge is -2.15. The molecule has 0 aliphatic carbocycles. The summed E-state index contributed by atoms with van der Waals surface area (Å²) in [6.07, 6.45) is 0. The maximum atomic E-state index is 12.7. The topological polar surface area (TPSA) is 79.6 Å². The van der Waals surface area contributed by atoms with Gasteiger partial charge in [-0.25, -0.2) is 12.7 Å². The molecule has 3 aromatic rings. The molecule has 2 aromatic carbocycles. The van der Waals surface area contributed by atoms with Crippen LogP contribution in [-0.4, -0.2) is 32.7 Å². The zero-order chi connectivity index (χ0) is 19.8. The summed E-state index contributed by atoms with van der Waals surface area (Å²) in [6.45, 7) is 1.81. The van der Waals surface area contributed by atoms with Gasteiger partial charge in [0.25, 0.3) is 5.91 Å². The van der Waals surface area contributed by atoms with Crippen LogP contribution in [0.5, 0.6) is 0 Å². The lowest BCUT2D eigenvalue weighted by molar-refractivity contribution is 0.0934. The van der Waals surface area contributed by atoms with E-state index in [4.69, 9.17) is 4.42 Å². The zero-order valence-corrected chi connectivity index (χ0v) is 17.5. The van der Waals surface area contributed by atoms with Gasteiger partial charge in [0.15, 0.2) is 0 Å². The largest absolute Gasteiger partial charge is 0.459 e. The van der Waals surface area contributed by atoms with E-state index in [0.29, 0.717) is 10.2 Å². The van der Waals surface area contributed by atoms with Gasteiger partial charge in [-0.3, -0.25) is 4.79 Å². The number of hydrogen-bond donors (Lipinski definition) is 1. The van der Waals surface area contributed by atoms with E-state index in [1.807, 2.05) is 37.3 Å². The van der Waals surface area contributed by atoms with Crippen molar-refractivity contribution in [2.45, 2.75) is 17.9 Å². The Morgan fingerprint density at radius 2 is 1.85 bits per heavy atom. The minimum atomic E-state index is -3.63. The van der Waals surface area contributed by atoms with Crippen molar-refractivity contribution in [3.63, 3.8) is 0 Å². The predicted octanol–water partition coefficient (Wildman–Crippen LogP) is 3.94. The van der Waals surface area contributed by atoms with Crippen LogP contribution in [0.15, 0.2) is 62.3 Å². The summed E-state index contributed by atoms with van der Waals surface area (Å²) in [7, 11) is -0.743. The molecule has 3 rings (SSSR count). The van der Waals surface area contributed by atoms with Crippen LogP contribution in [0.1, 0.15) is 29.1 Å². The molecule has 0 spiro atoms. The fraction of sp³-hybridized carbons (Fsp3) is 0.211. The van der Waals surface area contributed by atoms with Crippen molar-refractivity contribution in [1.29, 1.82) is 0 Å². The highest BCUT2D eigenvalue weighted by atomic mass is 79.9. The Morgan fingerprint density at radius 3 is 2.52 bits per heavy atom. The molecule has 0 fully saturated rings. The van der Waals surface area contributed by atoms with Crippen LogP contribution in [-0.2, 0) is 10.0 Å². The van der Waals surface area contributed by atoms with E-state index in [2.05, 4.69) is 21.2 Å². The molecule has 0 saturated carbocycles. The average molecular weight is 451 g/mol. The summed E-state index contributed by atoms with van der Waals surface area (Å²) in [5, 5.41) is 3.80. The first-order valence-corrected chi connectivity index (χ1v) is 10.4. The number of nitrogens with zero attached hydrogens (tertiary/aromatic N) is 1. The minimum Gasteiger partial charge on any atom is -0.459 e. The first-order valence-electron chi connectivity index (χ1n) is 8.21. The Kier molecular flexibility index (Phi) is 5.41. The number of nitrogens with one attached hydrogen (secondary N) is 1. The molecule has 1 atom stereocenters. The van der Waals surface area contributed by atoms with Gasteiger partial charge in [-0.05, 0) is 53.2 Å². The number of rotatable bonds is 5. The van der Waals surface area contributed by atoms with Crippen LogP contribution in [0.2, 0.25) is 0 Å². The van der Waals surface area contributed by atoms with E-state index >= 15 is 0 Å². The van der Waals surface area contributed by atoms with E-state index in [0.717, 1.165) is 15.3 Å². The number of sulfonamides is 1. The van der Waals surface area contributed by atoms with Crippen LogP contribution < -0.4 is 5.32 Å². The van der Waals surface area contributed by atoms with Gasteiger partial charge in [0.2, 0.25) is 10.0 Å². The molecule has 1 heterocycles. The number of carbonyl (C=O) groups excluding carboxylic acids is 1. The molecule has 1 aromatic heterocycles. The minimum absolute atomic E-state index is 0.0530. The summed E-state index contributed by atoms with van der Waals surface area (Å²) < 4.78 is 32.0. The molecule has 0 saturated heterocycles. The van der Waals surface area contributed by atoms with Crippen LogP contribution in [0.25, 0.3) is 11.0 Å². The van der Waals surface area contributed by atoms with Crippen molar-refractivity contribution in [3.05, 3.63) is 64.3 Å². The summed E-state index contributed by atoms with van der Waals surface area (Å²) in [5.41, 5.74) is 0.981. The number of hydrogen-bond acceptors (Lipinski definition) is 4. The maximum absolute atomic E-state index is 12.7. The molecule has 1 amide bonds. The van der Waals surface area contributed by atoms with E-state index in [-0.39, 0.29) is 16.5 Å². The molecule has 0 bridgehead atoms. The Bertz CT molecular complexity index is 1070. The normalized spacial score (nSPS) is 13.1. The second-order valence-corrected chi connectivity index (χ2v) is 9.32. The fourth-order valence-corrected chi connectivity index (χ4v) is 3.97. The number of furan rings is 1. The van der Waals surface area contributed by atoms with Crippen molar-refractivity contribution in [1.82, 2.24) is 9.62 Å². The highest BCUT2D eigenvalue weighted by molar-refractivity contribution is 9.10. The third kappa shape index (κ3) is 3.92. The molecule has 0 aliphatic rings. The van der Waals surface area contributed by atoms with E-state index in [1.165, 1.54) is 26.2 Å². The van der Waals surface area contributed by atoms with Gasteiger partial charge >= 0.3 is 0 Å². The second kappa shape index (κ2) is 7.46. The van der Waals surface area contributed by atoms with Crippen molar-refractivity contribution in [3.8, 4) is 0 Å². The summed E-state index contributed by atoms with van der Waals surface area (Å²) >= 11 is 3.32. The first-order chi connectivity index (χ1) is 12.7. The van der Waals surface area contributed by atoms with Crippen molar-refractivity contribution in [2.75, 3.05) is 14.1 Å². The molecule has 0 radical (unpaired) electrons. The van der Waals surface area contributed by atoms with Crippen molar-refractivity contribution < 1.29 is 17.6 Å². The Labute approximate surface area is 166 Å². The van der Waals surface area contributed by atoms with Crippen LogP contribution in [0, 0.1) is 0 Å². The summed E-state index contributed by atoms with van der Waals surface area (Å²) in [5.74, 6) is 0.225. The van der Waals surface area contributed by atoms with Crippen molar-refractivity contribution >= 4 is 42.8 Å². The number of fused-ring (bicyclic) bond motifs is 1. The lowest BCUT2D eigenvalue weighted by Crippen LogP contribution is -2.27. The first kappa shape index (κ1) is 19.6. The molecular formula is C19H19BrN2O4S. The summed E-state index contributed by atoms with van der Waals surface area (Å²) in [4.78, 5) is 12.8. The number of halogens is 1. The van der Waals surface area contributed by atoms with Crippen molar-refractivity contribution in [2.24, 2.45) is 0 Å². The fourth-order valence-electron chi connectivity index (χ4n) is 2.61. The number of benzene rings is 2. The predicted molar refractivity (Wildman–Crippen MR) is 107 cm³/mol. The molecule has 142 valence electrons. The smallest absolute Gasteiger partial charge is 0.253 e. The van der Waals surface area contributed by atoms with Gasteiger partial charge in [0.05, 0.1) is 16.5 Å². The second-order valence-electron chi connectivity index (χ2n) is 6.31.